The molecule has 0 N–H and O–H groups in total. The summed E-state index contributed by atoms with van der Waals surface area (Å²) in [5, 5.41) is 14.6. The van der Waals surface area contributed by atoms with E-state index in [1.165, 1.54) is 93.7 Å². The van der Waals surface area contributed by atoms with Crippen LogP contribution < -0.4 is 0 Å². The third-order valence-corrected chi connectivity index (χ3v) is 28.2. The van der Waals surface area contributed by atoms with Crippen LogP contribution in [-0.4, -0.2) is 58.6 Å². The molecule has 618 valence electrons. The normalized spacial score (nSPS) is 11.6. The molecule has 132 heavy (non-hydrogen) atoms. The Labute approximate surface area is 769 Å². The molecule has 0 aliphatic carbocycles. The third-order valence-electron chi connectivity index (χ3n) is 24.8. The molecule has 0 bridgehead atoms. The van der Waals surface area contributed by atoms with Gasteiger partial charge in [-0.3, -0.25) is 13.7 Å². The zero-order valence-electron chi connectivity index (χ0n) is 70.7. The molecule has 0 radical (unpaired) electrons. The lowest BCUT2D eigenvalue weighted by atomic mass is 9.99. The average molecular weight is 1740 g/mol. The Morgan fingerprint density at radius 3 is 0.841 bits per heavy atom. The van der Waals surface area contributed by atoms with E-state index in [9.17, 15) is 0 Å². The predicted octanol–water partition coefficient (Wildman–Crippen LogP) is 31.0. The molecule has 27 aromatic rings. The van der Waals surface area contributed by atoms with Crippen molar-refractivity contribution in [1.82, 2.24) is 58.6 Å². The van der Waals surface area contributed by atoms with E-state index >= 15 is 0 Å². The van der Waals surface area contributed by atoms with E-state index in [2.05, 4.69) is 390 Å². The second kappa shape index (κ2) is 32.7. The minimum Gasteiger partial charge on any atom is -0.278 e. The second-order valence-corrected chi connectivity index (χ2v) is 35.9. The molecular formula is C117H72N12S3. The lowest BCUT2D eigenvalue weighted by Crippen LogP contribution is -2.06. The standard InChI is InChI=1S/3C39H24N4S/c1-3-12-25(13-4-1)28-18-11-20-33-36(28)31-17-7-9-19-32(31)43(33)39-41-37(26-14-5-2-6-15-26)40-38(42-39)27-22-23-30-29-16-8-10-21-34(29)44-35(30)24-27;1-3-11-25(12-4-1)27-20-22-34-32(23-27)29-15-7-9-17-33(29)43(34)39-41-37(26-13-5-2-6-14-26)40-38(42-39)28-19-21-31-30-16-8-10-18-35(30)44-36(31)24-28;1-3-11-25(12-4-1)27-19-21-30-29-15-7-9-17-33(29)43(34(30)23-27)39-41-37(26-13-5-2-6-14-26)40-38(42-39)28-20-22-32-31-16-8-10-18-35(31)44-36(32)24-28/h3*1-24H. The first kappa shape index (κ1) is 77.4. The number of hydrogen-bond acceptors (Lipinski definition) is 12. The van der Waals surface area contributed by atoms with Crippen molar-refractivity contribution >= 4 is 160 Å². The summed E-state index contributed by atoms with van der Waals surface area (Å²) >= 11 is 5.40. The molecule has 0 saturated heterocycles. The van der Waals surface area contributed by atoms with E-state index in [4.69, 9.17) is 44.9 Å². The number of benzene rings is 18. The van der Waals surface area contributed by atoms with Crippen molar-refractivity contribution in [1.29, 1.82) is 0 Å². The van der Waals surface area contributed by atoms with Crippen LogP contribution in [0, 0.1) is 0 Å². The molecule has 15 heteroatoms. The van der Waals surface area contributed by atoms with Crippen LogP contribution in [0.5, 0.6) is 0 Å². The first-order chi connectivity index (χ1) is 65.4. The fourth-order valence-electron chi connectivity index (χ4n) is 18.6. The molecule has 9 aromatic heterocycles. The average Bonchev–Trinajstić information content (AvgIpc) is 1.58. The Hall–Kier alpha value is -17.0. The minimum absolute atomic E-state index is 0.599. The first-order valence-electron chi connectivity index (χ1n) is 43.9. The smallest absolute Gasteiger partial charge is 0.238 e. The van der Waals surface area contributed by atoms with Crippen LogP contribution in [0.3, 0.4) is 0 Å². The molecule has 0 aliphatic rings. The zero-order chi connectivity index (χ0) is 87.1. The number of aromatic nitrogens is 12. The summed E-state index contributed by atoms with van der Waals surface area (Å²) < 4.78 is 14.0. The first-order valence-corrected chi connectivity index (χ1v) is 46.3. The highest BCUT2D eigenvalue weighted by molar-refractivity contribution is 7.26. The van der Waals surface area contributed by atoms with E-state index < -0.39 is 0 Å². The molecule has 0 atom stereocenters. The van der Waals surface area contributed by atoms with Crippen molar-refractivity contribution in [3.05, 3.63) is 437 Å². The number of hydrogen-bond donors (Lipinski definition) is 0. The van der Waals surface area contributed by atoms with Crippen LogP contribution in [0.1, 0.15) is 0 Å². The second-order valence-electron chi connectivity index (χ2n) is 32.7. The summed E-state index contributed by atoms with van der Waals surface area (Å²) in [6.45, 7) is 0. The fourth-order valence-corrected chi connectivity index (χ4v) is 22.0. The van der Waals surface area contributed by atoms with E-state index in [1.807, 2.05) is 60.7 Å². The number of rotatable bonds is 12. The van der Waals surface area contributed by atoms with Crippen molar-refractivity contribution in [3.8, 4) is 120 Å². The quantitative estimate of drug-likeness (QED) is 0.117. The Balaban J connectivity index is 0.000000106. The topological polar surface area (TPSA) is 131 Å². The number of fused-ring (bicyclic) bond motifs is 18. The van der Waals surface area contributed by atoms with Crippen molar-refractivity contribution in [2.24, 2.45) is 0 Å². The van der Waals surface area contributed by atoms with Gasteiger partial charge in [0.05, 0.1) is 33.1 Å². The monoisotopic (exact) mass is 1740 g/mol. The molecule has 0 amide bonds. The van der Waals surface area contributed by atoms with Gasteiger partial charge in [-0.25, -0.2) is 15.0 Å². The van der Waals surface area contributed by atoms with Crippen LogP contribution in [-0.2, 0) is 0 Å². The van der Waals surface area contributed by atoms with Gasteiger partial charge in [0.25, 0.3) is 0 Å². The van der Waals surface area contributed by atoms with E-state index in [0.29, 0.717) is 52.8 Å². The Morgan fingerprint density at radius 1 is 0.144 bits per heavy atom. The summed E-state index contributed by atoms with van der Waals surface area (Å²) in [7, 11) is 0. The highest BCUT2D eigenvalue weighted by Gasteiger charge is 2.25. The van der Waals surface area contributed by atoms with Crippen LogP contribution in [0.15, 0.2) is 437 Å². The Morgan fingerprint density at radius 2 is 0.417 bits per heavy atom. The van der Waals surface area contributed by atoms with Gasteiger partial charge in [-0.05, 0) is 112 Å². The maximum absolute atomic E-state index is 5.18. The van der Waals surface area contributed by atoms with Crippen molar-refractivity contribution < 1.29 is 0 Å². The fraction of sp³-hybridized carbons (Fsp3) is 0. The molecule has 0 spiro atoms. The molecule has 9 heterocycles. The van der Waals surface area contributed by atoms with Crippen LogP contribution in [0.25, 0.3) is 245 Å². The van der Waals surface area contributed by atoms with Gasteiger partial charge in [0, 0.05) is 126 Å². The van der Waals surface area contributed by atoms with Gasteiger partial charge in [-0.15, -0.1) is 34.0 Å². The zero-order valence-corrected chi connectivity index (χ0v) is 73.1. The summed E-state index contributed by atoms with van der Waals surface area (Å²) in [4.78, 5) is 45.9. The maximum atomic E-state index is 5.18. The number of thiophene rings is 3. The molecule has 12 nitrogen and oxygen atoms in total. The molecule has 0 saturated carbocycles. The minimum atomic E-state index is 0.599. The third kappa shape index (κ3) is 13.9. The summed E-state index contributed by atoms with van der Waals surface area (Å²) in [6.07, 6.45) is 0. The predicted molar refractivity (Wildman–Crippen MR) is 550 cm³/mol. The lowest BCUT2D eigenvalue weighted by Gasteiger charge is -2.11. The van der Waals surface area contributed by atoms with Crippen molar-refractivity contribution in [2.45, 2.75) is 0 Å². The molecule has 0 fully saturated rings. The van der Waals surface area contributed by atoms with Gasteiger partial charge in [-0.1, -0.05) is 358 Å². The lowest BCUT2D eigenvalue weighted by molar-refractivity contribution is 0.953. The van der Waals surface area contributed by atoms with Gasteiger partial charge in [-0.2, -0.15) is 29.9 Å². The van der Waals surface area contributed by atoms with Crippen LogP contribution >= 0.6 is 34.0 Å². The van der Waals surface area contributed by atoms with E-state index in [1.54, 1.807) is 34.0 Å². The SMILES string of the molecule is c1ccc(-c2ccc3c(c2)c2ccccc2n3-c2nc(-c3ccccc3)nc(-c3ccc4c(c3)sc3ccccc34)n2)cc1.c1ccc(-c2ccc3c4ccccc4n(-c4nc(-c5ccccc5)nc(-c5ccc6c(c5)sc5ccccc56)n4)c3c2)cc1.c1ccc(-c2nc(-c3ccc4c(c3)sc3ccccc34)nc(-n3c4ccccc4c4c(-c5ccccc5)cccc43)n2)cc1. The van der Waals surface area contributed by atoms with Gasteiger partial charge < -0.3 is 0 Å². The Bertz CT molecular complexity index is 8960. The van der Waals surface area contributed by atoms with E-state index in [-0.39, 0.29) is 0 Å². The van der Waals surface area contributed by atoms with Gasteiger partial charge in [0.1, 0.15) is 0 Å². The molecule has 27 rings (SSSR count). The number of nitrogens with zero attached hydrogens (tertiary/aromatic N) is 12. The summed E-state index contributed by atoms with van der Waals surface area (Å²) in [5.74, 6) is 5.69. The van der Waals surface area contributed by atoms with E-state index in [0.717, 1.165) is 99.0 Å². The molecule has 0 unspecified atom stereocenters. The highest BCUT2D eigenvalue weighted by Crippen LogP contribution is 2.45. The van der Waals surface area contributed by atoms with Gasteiger partial charge >= 0.3 is 0 Å². The van der Waals surface area contributed by atoms with Crippen molar-refractivity contribution in [2.75, 3.05) is 0 Å². The van der Waals surface area contributed by atoms with Gasteiger partial charge in [0.15, 0.2) is 34.9 Å². The largest absolute Gasteiger partial charge is 0.278 e. The summed E-state index contributed by atoms with van der Waals surface area (Å²) in [6, 6.07) is 153. The molecule has 18 aromatic carbocycles. The maximum Gasteiger partial charge on any atom is 0.238 e. The van der Waals surface area contributed by atoms with Crippen molar-refractivity contribution in [3.63, 3.8) is 0 Å². The Kier molecular flexibility index (Phi) is 19.2. The summed E-state index contributed by atoms with van der Waals surface area (Å²) in [5.41, 5.74) is 19.2. The number of para-hydroxylation sites is 3. The molecular weight excluding hydrogens is 1670 g/mol. The van der Waals surface area contributed by atoms with Crippen LogP contribution in [0.4, 0.5) is 0 Å². The highest BCUT2D eigenvalue weighted by atomic mass is 32.1. The van der Waals surface area contributed by atoms with Gasteiger partial charge in [0.2, 0.25) is 17.8 Å². The molecule has 0 aliphatic heterocycles. The van der Waals surface area contributed by atoms with Crippen LogP contribution in [0.2, 0.25) is 0 Å².